The van der Waals surface area contributed by atoms with Crippen LogP contribution in [0.5, 0.6) is 0 Å². The van der Waals surface area contributed by atoms with Crippen LogP contribution in [0.25, 0.3) is 11.8 Å². The zero-order valence-electron chi connectivity index (χ0n) is 16.6. The lowest BCUT2D eigenvalue weighted by molar-refractivity contribution is -0.126. The van der Waals surface area contributed by atoms with Crippen LogP contribution in [0.2, 0.25) is 0 Å². The lowest BCUT2D eigenvalue weighted by Gasteiger charge is -2.24. The van der Waals surface area contributed by atoms with Gasteiger partial charge in [-0.15, -0.1) is 0 Å². The van der Waals surface area contributed by atoms with E-state index in [1.165, 1.54) is 12.3 Å². The van der Waals surface area contributed by atoms with Crippen LogP contribution >= 0.6 is 0 Å². The van der Waals surface area contributed by atoms with Crippen molar-refractivity contribution in [3.63, 3.8) is 0 Å². The fourth-order valence-corrected chi connectivity index (χ4v) is 3.47. The third-order valence-electron chi connectivity index (χ3n) is 4.76. The highest BCUT2D eigenvalue weighted by Crippen LogP contribution is 2.21. The van der Waals surface area contributed by atoms with Crippen LogP contribution < -0.4 is 0 Å². The number of carbonyl (C=O) groups is 1. The Hall–Kier alpha value is -3.19. The first kappa shape index (κ1) is 20.5. The van der Waals surface area contributed by atoms with E-state index in [4.69, 9.17) is 0 Å². The molecular formula is C22H23N3O3S. The molecule has 3 aromatic rings. The molecule has 0 N–H and O–H groups in total. The summed E-state index contributed by atoms with van der Waals surface area (Å²) >= 11 is 0. The van der Waals surface area contributed by atoms with Gasteiger partial charge in [0.25, 0.3) is 0 Å². The number of para-hydroxylation sites is 1. The molecule has 1 heterocycles. The number of aromatic nitrogens is 2. The summed E-state index contributed by atoms with van der Waals surface area (Å²) < 4.78 is 24.9. The predicted octanol–water partition coefficient (Wildman–Crippen LogP) is 3.51. The van der Waals surface area contributed by atoms with Gasteiger partial charge in [-0.05, 0) is 42.8 Å². The summed E-state index contributed by atoms with van der Waals surface area (Å²) in [5.74, 6) is -0.155. The molecule has 0 aliphatic carbocycles. The highest BCUT2D eigenvalue weighted by Gasteiger charge is 2.16. The molecule has 0 fully saturated rings. The molecule has 0 saturated carbocycles. The van der Waals surface area contributed by atoms with E-state index in [0.717, 1.165) is 16.8 Å². The minimum absolute atomic E-state index is 0.155. The van der Waals surface area contributed by atoms with Crippen LogP contribution in [0, 0.1) is 0 Å². The molecule has 1 atom stereocenters. The van der Waals surface area contributed by atoms with Crippen molar-refractivity contribution in [2.75, 3.05) is 13.3 Å². The largest absolute Gasteiger partial charge is 0.335 e. The van der Waals surface area contributed by atoms with Crippen LogP contribution in [-0.2, 0) is 14.6 Å². The zero-order valence-corrected chi connectivity index (χ0v) is 17.4. The number of hydrogen-bond donors (Lipinski definition) is 0. The Morgan fingerprint density at radius 2 is 1.76 bits per heavy atom. The van der Waals surface area contributed by atoms with Crippen LogP contribution in [0.4, 0.5) is 0 Å². The quantitative estimate of drug-likeness (QED) is 0.584. The van der Waals surface area contributed by atoms with Crippen molar-refractivity contribution in [2.24, 2.45) is 0 Å². The summed E-state index contributed by atoms with van der Waals surface area (Å²) in [6.45, 7) is 1.90. The van der Waals surface area contributed by atoms with Gasteiger partial charge in [-0.2, -0.15) is 5.10 Å². The lowest BCUT2D eigenvalue weighted by Crippen LogP contribution is -2.28. The molecule has 2 aromatic carbocycles. The van der Waals surface area contributed by atoms with Crippen molar-refractivity contribution < 1.29 is 13.2 Å². The number of likely N-dealkylation sites (N-methyl/N-ethyl adjacent to an activating group) is 1. The van der Waals surface area contributed by atoms with Crippen LogP contribution in [0.1, 0.15) is 24.1 Å². The standard InChI is InChI=1S/C22H23N3O3S/c1-17(19-10-12-21(13-11-19)29(3,27)28)24(2)22(26)14-9-18-15-23-25(16-18)20-7-5-4-6-8-20/h4-17H,1-3H3. The Labute approximate surface area is 171 Å². The molecule has 0 bridgehead atoms. The maximum Gasteiger partial charge on any atom is 0.246 e. The number of sulfone groups is 1. The second-order valence-electron chi connectivity index (χ2n) is 6.85. The predicted molar refractivity (Wildman–Crippen MR) is 113 cm³/mol. The summed E-state index contributed by atoms with van der Waals surface area (Å²) in [7, 11) is -1.52. The molecule has 150 valence electrons. The lowest BCUT2D eigenvalue weighted by atomic mass is 10.1. The first-order valence-electron chi connectivity index (χ1n) is 9.10. The van der Waals surface area contributed by atoms with Gasteiger partial charge >= 0.3 is 0 Å². The van der Waals surface area contributed by atoms with Gasteiger partial charge in [0.15, 0.2) is 9.84 Å². The molecule has 1 unspecified atom stereocenters. The first-order chi connectivity index (χ1) is 13.8. The number of rotatable bonds is 6. The van der Waals surface area contributed by atoms with Crippen molar-refractivity contribution in [2.45, 2.75) is 17.9 Å². The number of amides is 1. The number of hydrogen-bond acceptors (Lipinski definition) is 4. The fourth-order valence-electron chi connectivity index (χ4n) is 2.84. The van der Waals surface area contributed by atoms with E-state index < -0.39 is 9.84 Å². The van der Waals surface area contributed by atoms with E-state index in [0.29, 0.717) is 0 Å². The maximum atomic E-state index is 12.6. The van der Waals surface area contributed by atoms with Gasteiger partial charge in [-0.3, -0.25) is 4.79 Å². The van der Waals surface area contributed by atoms with Gasteiger partial charge in [0.2, 0.25) is 5.91 Å². The van der Waals surface area contributed by atoms with Gasteiger partial charge in [0.1, 0.15) is 0 Å². The summed E-state index contributed by atoms with van der Waals surface area (Å²) in [6.07, 6.45) is 7.96. The molecular weight excluding hydrogens is 386 g/mol. The average molecular weight is 410 g/mol. The highest BCUT2D eigenvalue weighted by molar-refractivity contribution is 7.90. The Morgan fingerprint density at radius 1 is 1.10 bits per heavy atom. The SMILES string of the molecule is CC(c1ccc(S(C)(=O)=O)cc1)N(C)C(=O)C=Cc1cnn(-c2ccccc2)c1. The van der Waals surface area contributed by atoms with E-state index in [9.17, 15) is 13.2 Å². The van der Waals surface area contributed by atoms with Crippen molar-refractivity contribution >= 4 is 21.8 Å². The molecule has 0 aliphatic rings. The van der Waals surface area contributed by atoms with Crippen LogP contribution in [-0.4, -0.2) is 42.3 Å². The van der Waals surface area contributed by atoms with Crippen LogP contribution in [0.3, 0.4) is 0 Å². The second-order valence-corrected chi connectivity index (χ2v) is 8.87. The first-order valence-corrected chi connectivity index (χ1v) is 11.0. The van der Waals surface area contributed by atoms with Crippen molar-refractivity contribution in [3.8, 4) is 5.69 Å². The van der Waals surface area contributed by atoms with Crippen molar-refractivity contribution in [3.05, 3.63) is 84.2 Å². The molecule has 7 heteroatoms. The Balaban J connectivity index is 1.68. The van der Waals surface area contributed by atoms with E-state index in [2.05, 4.69) is 5.10 Å². The van der Waals surface area contributed by atoms with Crippen LogP contribution in [0.15, 0.2) is 78.0 Å². The number of nitrogens with zero attached hydrogens (tertiary/aromatic N) is 3. The Kier molecular flexibility index (Phi) is 5.98. The summed E-state index contributed by atoms with van der Waals surface area (Å²) in [6, 6.07) is 16.1. The van der Waals surface area contributed by atoms with Crippen molar-refractivity contribution in [1.29, 1.82) is 0 Å². The molecule has 3 rings (SSSR count). The number of carbonyl (C=O) groups excluding carboxylic acids is 1. The molecule has 0 aliphatic heterocycles. The minimum Gasteiger partial charge on any atom is -0.335 e. The van der Waals surface area contributed by atoms with Crippen molar-refractivity contribution in [1.82, 2.24) is 14.7 Å². The van der Waals surface area contributed by atoms with Gasteiger partial charge in [0.05, 0.1) is 22.8 Å². The third-order valence-corrected chi connectivity index (χ3v) is 5.89. The van der Waals surface area contributed by atoms with E-state index in [-0.39, 0.29) is 16.8 Å². The Bertz CT molecular complexity index is 1120. The molecule has 1 amide bonds. The molecule has 1 aromatic heterocycles. The smallest absolute Gasteiger partial charge is 0.246 e. The van der Waals surface area contributed by atoms with Gasteiger partial charge in [0, 0.05) is 31.1 Å². The molecule has 29 heavy (non-hydrogen) atoms. The summed E-state index contributed by atoms with van der Waals surface area (Å²) in [5.41, 5.74) is 2.63. The molecule has 6 nitrogen and oxygen atoms in total. The normalized spacial score (nSPS) is 12.8. The topological polar surface area (TPSA) is 72.3 Å². The highest BCUT2D eigenvalue weighted by atomic mass is 32.2. The van der Waals surface area contributed by atoms with Gasteiger partial charge < -0.3 is 4.90 Å². The molecule has 0 spiro atoms. The molecule has 0 radical (unpaired) electrons. The van der Waals surface area contributed by atoms with Gasteiger partial charge in [-0.25, -0.2) is 13.1 Å². The summed E-state index contributed by atoms with van der Waals surface area (Å²) in [5, 5.41) is 4.31. The molecule has 0 saturated heterocycles. The third kappa shape index (κ3) is 5.00. The maximum absolute atomic E-state index is 12.6. The number of benzene rings is 2. The second kappa shape index (κ2) is 8.45. The fraction of sp³-hybridized carbons (Fsp3) is 0.182. The van der Waals surface area contributed by atoms with E-state index in [1.807, 2.05) is 43.5 Å². The Morgan fingerprint density at radius 3 is 2.38 bits per heavy atom. The zero-order chi connectivity index (χ0) is 21.0. The summed E-state index contributed by atoms with van der Waals surface area (Å²) in [4.78, 5) is 14.4. The van der Waals surface area contributed by atoms with Gasteiger partial charge in [-0.1, -0.05) is 30.3 Å². The average Bonchev–Trinajstić information content (AvgIpc) is 3.20. The van der Waals surface area contributed by atoms with E-state index in [1.54, 1.807) is 53.2 Å². The monoisotopic (exact) mass is 409 g/mol. The minimum atomic E-state index is -3.24. The van der Waals surface area contributed by atoms with E-state index >= 15 is 0 Å².